The first kappa shape index (κ1) is 14.0. The predicted octanol–water partition coefficient (Wildman–Crippen LogP) is 2.13. The van der Waals surface area contributed by atoms with Crippen LogP contribution in [0.4, 0.5) is 4.39 Å². The minimum atomic E-state index is -0.366. The highest BCUT2D eigenvalue weighted by atomic mass is 19.1. The number of β-amino-alcohol motifs (C(OH)–C–C–N with tert-alkyl or cyclic N) is 1. The van der Waals surface area contributed by atoms with E-state index in [4.69, 9.17) is 0 Å². The second-order valence-corrected chi connectivity index (χ2v) is 5.12. The summed E-state index contributed by atoms with van der Waals surface area (Å²) in [6, 6.07) is 6.39. The van der Waals surface area contributed by atoms with Gasteiger partial charge in [0.1, 0.15) is 5.82 Å². The number of hydrogen-bond donors (Lipinski definition) is 1. The molecular formula is C15H20FNO2. The van der Waals surface area contributed by atoms with Gasteiger partial charge in [-0.15, -0.1) is 0 Å². The summed E-state index contributed by atoms with van der Waals surface area (Å²) in [4.78, 5) is 13.7. The number of piperidine rings is 1. The Labute approximate surface area is 113 Å². The lowest BCUT2D eigenvalue weighted by atomic mass is 10.1. The van der Waals surface area contributed by atoms with E-state index < -0.39 is 0 Å². The van der Waals surface area contributed by atoms with Crippen molar-refractivity contribution in [1.29, 1.82) is 0 Å². The van der Waals surface area contributed by atoms with E-state index in [1.165, 1.54) is 12.1 Å². The van der Waals surface area contributed by atoms with Gasteiger partial charge in [0.05, 0.1) is 6.10 Å². The maximum atomic E-state index is 12.7. The molecule has 1 aliphatic heterocycles. The Morgan fingerprint density at radius 3 is 2.79 bits per heavy atom. The van der Waals surface area contributed by atoms with Gasteiger partial charge in [0.15, 0.2) is 0 Å². The molecule has 2 rings (SSSR count). The van der Waals surface area contributed by atoms with Crippen LogP contribution in [0, 0.1) is 5.82 Å². The van der Waals surface area contributed by atoms with E-state index >= 15 is 0 Å². The van der Waals surface area contributed by atoms with Crippen LogP contribution >= 0.6 is 0 Å². The number of aliphatic hydroxyl groups excluding tert-OH is 1. The number of amides is 1. The van der Waals surface area contributed by atoms with Crippen molar-refractivity contribution in [2.75, 3.05) is 13.1 Å². The molecule has 19 heavy (non-hydrogen) atoms. The molecule has 1 amide bonds. The summed E-state index contributed by atoms with van der Waals surface area (Å²) in [5.41, 5.74) is 1.05. The average molecular weight is 265 g/mol. The average Bonchev–Trinajstić information content (AvgIpc) is 2.41. The minimum absolute atomic E-state index is 0.112. The van der Waals surface area contributed by atoms with Crippen LogP contribution in [0.25, 0.3) is 0 Å². The predicted molar refractivity (Wildman–Crippen MR) is 71.2 cm³/mol. The highest BCUT2D eigenvalue weighted by Gasteiger charge is 2.21. The molecule has 0 spiro atoms. The van der Waals surface area contributed by atoms with Gasteiger partial charge in [-0.1, -0.05) is 12.1 Å². The van der Waals surface area contributed by atoms with Crippen molar-refractivity contribution < 1.29 is 14.3 Å². The van der Waals surface area contributed by atoms with Crippen LogP contribution in [0.5, 0.6) is 0 Å². The number of aryl methyl sites for hydroxylation is 1. The van der Waals surface area contributed by atoms with Gasteiger partial charge in [0.25, 0.3) is 0 Å². The van der Waals surface area contributed by atoms with Crippen LogP contribution < -0.4 is 0 Å². The molecule has 1 N–H and O–H groups in total. The van der Waals surface area contributed by atoms with Gasteiger partial charge in [-0.05, 0) is 43.4 Å². The number of rotatable bonds is 4. The Morgan fingerprint density at radius 2 is 2.11 bits per heavy atom. The van der Waals surface area contributed by atoms with Gasteiger partial charge in [0.2, 0.25) is 5.91 Å². The summed E-state index contributed by atoms with van der Waals surface area (Å²) in [6.07, 6.45) is 3.34. The number of likely N-dealkylation sites (tertiary alicyclic amines) is 1. The van der Waals surface area contributed by atoms with E-state index in [1.807, 2.05) is 0 Å². The topological polar surface area (TPSA) is 40.5 Å². The zero-order valence-electron chi connectivity index (χ0n) is 11.0. The lowest BCUT2D eigenvalue weighted by Crippen LogP contribution is -2.42. The third-order valence-corrected chi connectivity index (χ3v) is 3.52. The van der Waals surface area contributed by atoms with Crippen LogP contribution in [-0.2, 0) is 11.2 Å². The lowest BCUT2D eigenvalue weighted by Gasteiger charge is -2.30. The van der Waals surface area contributed by atoms with Crippen LogP contribution in [0.15, 0.2) is 24.3 Å². The van der Waals surface area contributed by atoms with Crippen molar-refractivity contribution in [3.05, 3.63) is 35.6 Å². The first-order chi connectivity index (χ1) is 9.15. The van der Waals surface area contributed by atoms with E-state index in [-0.39, 0.29) is 17.8 Å². The summed E-state index contributed by atoms with van der Waals surface area (Å²) in [7, 11) is 0. The summed E-state index contributed by atoms with van der Waals surface area (Å²) in [5.74, 6) is -0.122. The number of nitrogens with zero attached hydrogens (tertiary/aromatic N) is 1. The van der Waals surface area contributed by atoms with Crippen molar-refractivity contribution in [2.24, 2.45) is 0 Å². The molecule has 1 atom stereocenters. The van der Waals surface area contributed by atoms with Crippen LogP contribution in [0.1, 0.15) is 31.2 Å². The van der Waals surface area contributed by atoms with Gasteiger partial charge in [-0.25, -0.2) is 4.39 Å². The first-order valence-corrected chi connectivity index (χ1v) is 6.85. The van der Waals surface area contributed by atoms with Crippen molar-refractivity contribution in [1.82, 2.24) is 4.90 Å². The number of halogens is 1. The van der Waals surface area contributed by atoms with Gasteiger partial charge in [-0.3, -0.25) is 4.79 Å². The molecule has 4 heteroatoms. The van der Waals surface area contributed by atoms with Crippen molar-refractivity contribution in [3.63, 3.8) is 0 Å². The summed E-state index contributed by atoms with van der Waals surface area (Å²) in [5, 5.41) is 9.53. The Bertz CT molecular complexity index is 419. The SMILES string of the molecule is O=C(CCCc1ccc(F)cc1)N1CCCC(O)C1. The standard InChI is InChI=1S/C15H20FNO2/c16-13-8-6-12(7-9-13)3-1-5-15(19)17-10-2-4-14(18)11-17/h6-9,14,18H,1-5,10-11H2. The number of hydrogen-bond acceptors (Lipinski definition) is 2. The molecule has 3 nitrogen and oxygen atoms in total. The highest BCUT2D eigenvalue weighted by Crippen LogP contribution is 2.13. The fraction of sp³-hybridized carbons (Fsp3) is 0.533. The van der Waals surface area contributed by atoms with Gasteiger partial charge >= 0.3 is 0 Å². The fourth-order valence-corrected chi connectivity index (χ4v) is 2.43. The van der Waals surface area contributed by atoms with E-state index in [1.54, 1.807) is 17.0 Å². The van der Waals surface area contributed by atoms with Crippen molar-refractivity contribution in [2.45, 2.75) is 38.2 Å². The third kappa shape index (κ3) is 4.31. The molecule has 1 saturated heterocycles. The molecule has 104 valence electrons. The first-order valence-electron chi connectivity index (χ1n) is 6.85. The maximum Gasteiger partial charge on any atom is 0.222 e. The molecule has 0 saturated carbocycles. The molecular weight excluding hydrogens is 245 g/mol. The largest absolute Gasteiger partial charge is 0.391 e. The summed E-state index contributed by atoms with van der Waals surface area (Å²) < 4.78 is 12.7. The van der Waals surface area contributed by atoms with Gasteiger partial charge in [0, 0.05) is 19.5 Å². The van der Waals surface area contributed by atoms with Gasteiger partial charge in [-0.2, -0.15) is 0 Å². The van der Waals surface area contributed by atoms with Gasteiger partial charge < -0.3 is 10.0 Å². The Hall–Kier alpha value is -1.42. The third-order valence-electron chi connectivity index (χ3n) is 3.52. The van der Waals surface area contributed by atoms with E-state index in [9.17, 15) is 14.3 Å². The number of benzene rings is 1. The van der Waals surface area contributed by atoms with E-state index in [0.29, 0.717) is 13.0 Å². The highest BCUT2D eigenvalue weighted by molar-refractivity contribution is 5.76. The van der Waals surface area contributed by atoms with Crippen LogP contribution in [0.2, 0.25) is 0 Å². The van der Waals surface area contributed by atoms with E-state index in [2.05, 4.69) is 0 Å². The number of carbonyl (C=O) groups is 1. The molecule has 0 aliphatic carbocycles. The fourth-order valence-electron chi connectivity index (χ4n) is 2.43. The zero-order chi connectivity index (χ0) is 13.7. The molecule has 0 bridgehead atoms. The maximum absolute atomic E-state index is 12.7. The molecule has 0 radical (unpaired) electrons. The van der Waals surface area contributed by atoms with Crippen LogP contribution in [0.3, 0.4) is 0 Å². The Balaban J connectivity index is 1.73. The molecule has 1 fully saturated rings. The lowest BCUT2D eigenvalue weighted by molar-refractivity contribution is -0.134. The molecule has 0 aromatic heterocycles. The molecule has 1 unspecified atom stereocenters. The molecule has 1 aromatic carbocycles. The second-order valence-electron chi connectivity index (χ2n) is 5.12. The van der Waals surface area contributed by atoms with E-state index in [0.717, 1.165) is 37.8 Å². The monoisotopic (exact) mass is 265 g/mol. The number of aliphatic hydroxyl groups is 1. The normalized spacial score (nSPS) is 19.5. The Kier molecular flexibility index (Phi) is 4.91. The van der Waals surface area contributed by atoms with Crippen LogP contribution in [-0.4, -0.2) is 35.1 Å². The Morgan fingerprint density at radius 1 is 1.37 bits per heavy atom. The zero-order valence-corrected chi connectivity index (χ0v) is 11.0. The summed E-state index contributed by atoms with van der Waals surface area (Å²) in [6.45, 7) is 1.22. The molecule has 1 aromatic rings. The number of carbonyl (C=O) groups excluding carboxylic acids is 1. The minimum Gasteiger partial charge on any atom is -0.391 e. The second kappa shape index (κ2) is 6.66. The summed E-state index contributed by atoms with van der Waals surface area (Å²) >= 11 is 0. The quantitative estimate of drug-likeness (QED) is 0.906. The van der Waals surface area contributed by atoms with Crippen molar-refractivity contribution >= 4 is 5.91 Å². The van der Waals surface area contributed by atoms with Crippen molar-refractivity contribution in [3.8, 4) is 0 Å². The molecule has 1 heterocycles. The molecule has 1 aliphatic rings. The smallest absolute Gasteiger partial charge is 0.222 e.